The number of carbonyl (C=O) groups excluding carboxylic acids is 2. The van der Waals surface area contributed by atoms with E-state index >= 15 is 0 Å². The molecule has 138 valence electrons. The maximum absolute atomic E-state index is 12.5. The van der Waals surface area contributed by atoms with Crippen LogP contribution in [-0.4, -0.2) is 34.5 Å². The minimum absolute atomic E-state index is 0.0431. The molecular formula is C20H30N2O3. The van der Waals surface area contributed by atoms with Gasteiger partial charge in [-0.25, -0.2) is 5.48 Å². The summed E-state index contributed by atoms with van der Waals surface area (Å²) in [6, 6.07) is 5.79. The largest absolute Gasteiger partial charge is 0.340 e. The van der Waals surface area contributed by atoms with Crippen LogP contribution in [0.5, 0.6) is 0 Å². The Kier molecular flexibility index (Phi) is 6.22. The van der Waals surface area contributed by atoms with E-state index in [0.717, 1.165) is 37.8 Å². The highest BCUT2D eigenvalue weighted by molar-refractivity contribution is 5.93. The number of amides is 2. The molecule has 0 saturated heterocycles. The highest BCUT2D eigenvalue weighted by Crippen LogP contribution is 2.37. The number of hydrogen-bond acceptors (Lipinski definition) is 3. The fraction of sp³-hybridized carbons (Fsp3) is 0.600. The van der Waals surface area contributed by atoms with E-state index in [1.165, 1.54) is 5.56 Å². The van der Waals surface area contributed by atoms with Crippen molar-refractivity contribution in [2.24, 2.45) is 5.41 Å². The van der Waals surface area contributed by atoms with Gasteiger partial charge in [0, 0.05) is 24.6 Å². The average Bonchev–Trinajstić information content (AvgIpc) is 2.58. The van der Waals surface area contributed by atoms with Crippen molar-refractivity contribution in [3.63, 3.8) is 0 Å². The Hall–Kier alpha value is -1.88. The van der Waals surface area contributed by atoms with E-state index in [1.807, 2.05) is 24.0 Å². The quantitative estimate of drug-likeness (QED) is 0.613. The van der Waals surface area contributed by atoms with Crippen LogP contribution in [-0.2, 0) is 17.6 Å². The van der Waals surface area contributed by atoms with Crippen molar-refractivity contribution in [3.8, 4) is 0 Å². The second-order valence-electron chi connectivity index (χ2n) is 7.78. The molecule has 2 rings (SSSR count). The Morgan fingerprint density at radius 2 is 2.04 bits per heavy atom. The van der Waals surface area contributed by atoms with Crippen LogP contribution in [0.1, 0.15) is 68.4 Å². The fourth-order valence-electron chi connectivity index (χ4n) is 3.68. The molecule has 0 aromatic heterocycles. The Morgan fingerprint density at radius 1 is 1.32 bits per heavy atom. The third-order valence-electron chi connectivity index (χ3n) is 5.14. The van der Waals surface area contributed by atoms with Crippen molar-refractivity contribution >= 4 is 11.8 Å². The second-order valence-corrected chi connectivity index (χ2v) is 7.78. The van der Waals surface area contributed by atoms with Gasteiger partial charge >= 0.3 is 0 Å². The number of fused-ring (bicyclic) bond motifs is 1. The monoisotopic (exact) mass is 346 g/mol. The van der Waals surface area contributed by atoms with Crippen LogP contribution in [0.2, 0.25) is 0 Å². The predicted octanol–water partition coefficient (Wildman–Crippen LogP) is 3.34. The van der Waals surface area contributed by atoms with Gasteiger partial charge in [-0.05, 0) is 68.2 Å². The van der Waals surface area contributed by atoms with E-state index in [0.29, 0.717) is 12.0 Å². The van der Waals surface area contributed by atoms with Gasteiger partial charge in [-0.1, -0.05) is 19.9 Å². The van der Waals surface area contributed by atoms with Crippen LogP contribution in [0.25, 0.3) is 0 Å². The first-order valence-electron chi connectivity index (χ1n) is 9.15. The third-order valence-corrected chi connectivity index (χ3v) is 5.14. The molecule has 0 spiro atoms. The summed E-state index contributed by atoms with van der Waals surface area (Å²) in [5.41, 5.74) is 4.60. The van der Waals surface area contributed by atoms with Gasteiger partial charge in [0.05, 0.1) is 0 Å². The van der Waals surface area contributed by atoms with Gasteiger partial charge in [0.1, 0.15) is 0 Å². The Labute approximate surface area is 150 Å². The van der Waals surface area contributed by atoms with Gasteiger partial charge in [0.25, 0.3) is 5.91 Å². The van der Waals surface area contributed by atoms with Crippen LogP contribution < -0.4 is 5.48 Å². The van der Waals surface area contributed by atoms with Gasteiger partial charge in [-0.15, -0.1) is 0 Å². The van der Waals surface area contributed by atoms with Crippen molar-refractivity contribution in [2.75, 3.05) is 6.54 Å². The first-order valence-corrected chi connectivity index (χ1v) is 9.15. The van der Waals surface area contributed by atoms with Crippen molar-refractivity contribution in [1.82, 2.24) is 10.4 Å². The minimum atomic E-state index is -0.479. The van der Waals surface area contributed by atoms with E-state index < -0.39 is 5.91 Å². The Balaban J connectivity index is 2.16. The van der Waals surface area contributed by atoms with E-state index in [2.05, 4.69) is 20.8 Å². The van der Waals surface area contributed by atoms with Gasteiger partial charge in [-0.3, -0.25) is 14.8 Å². The maximum Gasteiger partial charge on any atom is 0.274 e. The van der Waals surface area contributed by atoms with E-state index in [1.54, 1.807) is 11.5 Å². The molecule has 0 radical (unpaired) electrons. The summed E-state index contributed by atoms with van der Waals surface area (Å²) in [6.45, 7) is 9.21. The standard InChI is InChI=1S/C20H30N2O3/c1-5-6-18(23)22(14(2)3)13-20(4)10-9-15-11-16(19(24)21-25)7-8-17(15)12-20/h7-8,11,14,25H,5-6,9-10,12-13H2,1-4H3,(H,21,24). The normalized spacial score (nSPS) is 19.4. The van der Waals surface area contributed by atoms with Crippen LogP contribution in [0.3, 0.4) is 0 Å². The van der Waals surface area contributed by atoms with Crippen molar-refractivity contribution < 1.29 is 14.8 Å². The number of aryl methyl sites for hydroxylation is 1. The topological polar surface area (TPSA) is 69.6 Å². The van der Waals surface area contributed by atoms with Crippen LogP contribution >= 0.6 is 0 Å². The molecule has 2 N–H and O–H groups in total. The summed E-state index contributed by atoms with van der Waals surface area (Å²) < 4.78 is 0. The predicted molar refractivity (Wildman–Crippen MR) is 97.6 cm³/mol. The first kappa shape index (κ1) is 19.4. The fourth-order valence-corrected chi connectivity index (χ4v) is 3.68. The number of benzene rings is 1. The molecule has 2 amide bonds. The lowest BCUT2D eigenvalue weighted by molar-refractivity contribution is -0.134. The lowest BCUT2D eigenvalue weighted by Gasteiger charge is -2.41. The second kappa shape index (κ2) is 8.00. The molecule has 0 bridgehead atoms. The van der Waals surface area contributed by atoms with Gasteiger partial charge in [0.2, 0.25) is 5.91 Å². The summed E-state index contributed by atoms with van der Waals surface area (Å²) in [5, 5.41) is 8.79. The minimum Gasteiger partial charge on any atom is -0.340 e. The van der Waals surface area contributed by atoms with E-state index in [-0.39, 0.29) is 17.4 Å². The lowest BCUT2D eigenvalue weighted by atomic mass is 9.72. The molecule has 5 heteroatoms. The molecule has 5 nitrogen and oxygen atoms in total. The number of carbonyl (C=O) groups is 2. The molecule has 25 heavy (non-hydrogen) atoms. The first-order chi connectivity index (χ1) is 11.8. The number of hydrogen-bond donors (Lipinski definition) is 2. The third kappa shape index (κ3) is 4.60. The molecule has 0 aliphatic heterocycles. The summed E-state index contributed by atoms with van der Waals surface area (Å²) >= 11 is 0. The molecule has 1 atom stereocenters. The zero-order chi connectivity index (χ0) is 18.6. The van der Waals surface area contributed by atoms with Crippen LogP contribution in [0, 0.1) is 5.41 Å². The molecule has 1 unspecified atom stereocenters. The lowest BCUT2D eigenvalue weighted by Crippen LogP contribution is -2.45. The number of nitrogens with one attached hydrogen (secondary N) is 1. The highest BCUT2D eigenvalue weighted by atomic mass is 16.5. The number of nitrogens with zero attached hydrogens (tertiary/aromatic N) is 1. The van der Waals surface area contributed by atoms with Crippen molar-refractivity contribution in [3.05, 3.63) is 34.9 Å². The SMILES string of the molecule is CCCC(=O)N(CC1(C)CCc2cc(C(=O)NO)ccc2C1)C(C)C. The smallest absolute Gasteiger partial charge is 0.274 e. The zero-order valence-electron chi connectivity index (χ0n) is 15.8. The molecule has 0 saturated carbocycles. The summed E-state index contributed by atoms with van der Waals surface area (Å²) in [6.07, 6.45) is 4.23. The summed E-state index contributed by atoms with van der Waals surface area (Å²) in [7, 11) is 0. The van der Waals surface area contributed by atoms with Gasteiger partial charge in [-0.2, -0.15) is 0 Å². The number of rotatable bonds is 6. The maximum atomic E-state index is 12.5. The molecule has 0 heterocycles. The van der Waals surface area contributed by atoms with Crippen molar-refractivity contribution in [2.45, 2.75) is 65.8 Å². The van der Waals surface area contributed by atoms with Gasteiger partial charge < -0.3 is 4.90 Å². The molecule has 1 aromatic rings. The number of hydroxylamine groups is 1. The summed E-state index contributed by atoms with van der Waals surface area (Å²) in [4.78, 5) is 26.1. The van der Waals surface area contributed by atoms with E-state index in [9.17, 15) is 9.59 Å². The highest BCUT2D eigenvalue weighted by Gasteiger charge is 2.34. The summed E-state index contributed by atoms with van der Waals surface area (Å²) in [5.74, 6) is -0.244. The molecule has 1 aliphatic rings. The van der Waals surface area contributed by atoms with Crippen molar-refractivity contribution in [1.29, 1.82) is 0 Å². The van der Waals surface area contributed by atoms with E-state index in [4.69, 9.17) is 5.21 Å². The Morgan fingerprint density at radius 3 is 2.64 bits per heavy atom. The Bertz CT molecular complexity index is 642. The van der Waals surface area contributed by atoms with Gasteiger partial charge in [0.15, 0.2) is 0 Å². The average molecular weight is 346 g/mol. The molecule has 1 aromatic carbocycles. The molecular weight excluding hydrogens is 316 g/mol. The van der Waals surface area contributed by atoms with Crippen LogP contribution in [0.15, 0.2) is 18.2 Å². The molecule has 1 aliphatic carbocycles. The van der Waals surface area contributed by atoms with Crippen LogP contribution in [0.4, 0.5) is 0 Å². The zero-order valence-corrected chi connectivity index (χ0v) is 15.8. The molecule has 0 fully saturated rings.